The lowest BCUT2D eigenvalue weighted by molar-refractivity contribution is 0.245. The van der Waals surface area contributed by atoms with Crippen molar-refractivity contribution < 1.29 is 0 Å². The van der Waals surface area contributed by atoms with Gasteiger partial charge in [0.25, 0.3) is 0 Å². The van der Waals surface area contributed by atoms with Gasteiger partial charge in [0.1, 0.15) is 0 Å². The minimum absolute atomic E-state index is 0.844. The number of rotatable bonds is 8. The number of hydrogen-bond acceptors (Lipinski definition) is 2. The fourth-order valence-corrected chi connectivity index (χ4v) is 3.39. The van der Waals surface area contributed by atoms with Crippen molar-refractivity contribution in [3.8, 4) is 0 Å². The van der Waals surface area contributed by atoms with Crippen LogP contribution in [-0.4, -0.2) is 36.6 Å². The summed E-state index contributed by atoms with van der Waals surface area (Å²) < 4.78 is 0. The molecule has 0 aromatic heterocycles. The molecule has 0 atom stereocenters. The second-order valence-corrected chi connectivity index (χ2v) is 6.81. The molecule has 3 aliphatic carbocycles. The summed E-state index contributed by atoms with van der Waals surface area (Å²) in [4.78, 5) is 2.79. The van der Waals surface area contributed by atoms with Crippen LogP contribution in [0.1, 0.15) is 64.2 Å². The molecule has 2 nitrogen and oxygen atoms in total. The van der Waals surface area contributed by atoms with Crippen LogP contribution in [0.25, 0.3) is 0 Å². The minimum atomic E-state index is 0.844. The predicted molar refractivity (Wildman–Crippen MR) is 76.8 cm³/mol. The number of nitrogens with zero attached hydrogens (tertiary/aromatic N) is 1. The van der Waals surface area contributed by atoms with E-state index in [1.54, 1.807) is 0 Å². The highest BCUT2D eigenvalue weighted by atomic mass is 15.2. The van der Waals surface area contributed by atoms with E-state index in [9.17, 15) is 0 Å². The first-order chi connectivity index (χ1) is 8.92. The summed E-state index contributed by atoms with van der Waals surface area (Å²) in [6, 6.07) is 1.82. The van der Waals surface area contributed by atoms with E-state index in [0.717, 1.165) is 18.0 Å². The van der Waals surface area contributed by atoms with Crippen LogP contribution in [0.5, 0.6) is 0 Å². The third-order valence-electron chi connectivity index (χ3n) is 4.91. The molecule has 0 amide bonds. The lowest BCUT2D eigenvalue weighted by Crippen LogP contribution is -2.35. The molecule has 0 spiro atoms. The van der Waals surface area contributed by atoms with Crippen LogP contribution in [-0.2, 0) is 0 Å². The normalized spacial score (nSPS) is 25.8. The van der Waals surface area contributed by atoms with Gasteiger partial charge in [-0.1, -0.05) is 19.3 Å². The molecule has 3 fully saturated rings. The average Bonchev–Trinajstić information content (AvgIpc) is 3.28. The van der Waals surface area contributed by atoms with E-state index in [-0.39, 0.29) is 0 Å². The highest BCUT2D eigenvalue weighted by Gasteiger charge is 2.33. The first kappa shape index (κ1) is 12.9. The lowest BCUT2D eigenvalue weighted by atomic mass is 9.95. The van der Waals surface area contributed by atoms with E-state index in [1.165, 1.54) is 83.8 Å². The van der Waals surface area contributed by atoms with Crippen molar-refractivity contribution in [3.05, 3.63) is 0 Å². The maximum atomic E-state index is 3.78. The Morgan fingerprint density at radius 1 is 0.889 bits per heavy atom. The van der Waals surface area contributed by atoms with Crippen LogP contribution in [0, 0.1) is 5.92 Å². The molecular weight excluding hydrogens is 220 g/mol. The zero-order valence-electron chi connectivity index (χ0n) is 11.9. The first-order valence-corrected chi connectivity index (χ1v) is 8.39. The molecule has 3 saturated carbocycles. The van der Waals surface area contributed by atoms with Gasteiger partial charge < -0.3 is 10.2 Å². The summed E-state index contributed by atoms with van der Waals surface area (Å²) >= 11 is 0. The van der Waals surface area contributed by atoms with Gasteiger partial charge in [-0.15, -0.1) is 0 Å². The quantitative estimate of drug-likeness (QED) is 0.666. The van der Waals surface area contributed by atoms with Crippen LogP contribution in [0.15, 0.2) is 0 Å². The highest BCUT2D eigenvalue weighted by molar-refractivity contribution is 4.88. The molecule has 0 unspecified atom stereocenters. The second kappa shape index (κ2) is 6.38. The average molecular weight is 250 g/mol. The Balaban J connectivity index is 1.27. The van der Waals surface area contributed by atoms with Crippen molar-refractivity contribution in [2.45, 2.75) is 76.3 Å². The van der Waals surface area contributed by atoms with E-state index < -0.39 is 0 Å². The van der Waals surface area contributed by atoms with Gasteiger partial charge in [-0.05, 0) is 64.0 Å². The van der Waals surface area contributed by atoms with Crippen molar-refractivity contribution in [2.75, 3.05) is 19.6 Å². The standard InChI is InChI=1S/C16H30N2/c1-2-5-15(6-3-1)17-11-4-12-18(16-9-10-16)13-14-7-8-14/h14-17H,1-13H2. The fourth-order valence-electron chi connectivity index (χ4n) is 3.39. The monoisotopic (exact) mass is 250 g/mol. The molecule has 0 aromatic rings. The molecule has 0 heterocycles. The Bertz CT molecular complexity index is 239. The predicted octanol–water partition coefficient (Wildman–Crippen LogP) is 3.17. The highest BCUT2D eigenvalue weighted by Crippen LogP contribution is 2.34. The summed E-state index contributed by atoms with van der Waals surface area (Å²) in [7, 11) is 0. The van der Waals surface area contributed by atoms with Crippen molar-refractivity contribution in [2.24, 2.45) is 5.92 Å². The van der Waals surface area contributed by atoms with Crippen LogP contribution >= 0.6 is 0 Å². The van der Waals surface area contributed by atoms with E-state index >= 15 is 0 Å². The van der Waals surface area contributed by atoms with Crippen LogP contribution in [0.2, 0.25) is 0 Å². The van der Waals surface area contributed by atoms with Gasteiger partial charge >= 0.3 is 0 Å². The number of hydrogen-bond donors (Lipinski definition) is 1. The van der Waals surface area contributed by atoms with Gasteiger partial charge in [-0.3, -0.25) is 0 Å². The molecule has 0 saturated heterocycles. The third-order valence-corrected chi connectivity index (χ3v) is 4.91. The Morgan fingerprint density at radius 3 is 2.33 bits per heavy atom. The van der Waals surface area contributed by atoms with Gasteiger partial charge in [-0.2, -0.15) is 0 Å². The molecule has 0 aliphatic heterocycles. The van der Waals surface area contributed by atoms with Crippen LogP contribution < -0.4 is 5.32 Å². The van der Waals surface area contributed by atoms with Gasteiger partial charge in [0.05, 0.1) is 0 Å². The molecule has 1 N–H and O–H groups in total. The number of nitrogens with one attached hydrogen (secondary N) is 1. The van der Waals surface area contributed by atoms with E-state index in [1.807, 2.05) is 0 Å². The fraction of sp³-hybridized carbons (Fsp3) is 1.00. The maximum Gasteiger partial charge on any atom is 0.00965 e. The first-order valence-electron chi connectivity index (χ1n) is 8.39. The van der Waals surface area contributed by atoms with Gasteiger partial charge in [0, 0.05) is 18.6 Å². The van der Waals surface area contributed by atoms with Crippen molar-refractivity contribution in [1.82, 2.24) is 10.2 Å². The third kappa shape index (κ3) is 4.24. The molecule has 0 bridgehead atoms. The van der Waals surface area contributed by atoms with Gasteiger partial charge in [0.15, 0.2) is 0 Å². The Labute approximate surface area is 113 Å². The van der Waals surface area contributed by atoms with Crippen molar-refractivity contribution >= 4 is 0 Å². The topological polar surface area (TPSA) is 15.3 Å². The Morgan fingerprint density at radius 2 is 1.67 bits per heavy atom. The van der Waals surface area contributed by atoms with Gasteiger partial charge in [0.2, 0.25) is 0 Å². The molecule has 104 valence electrons. The minimum Gasteiger partial charge on any atom is -0.314 e. The second-order valence-electron chi connectivity index (χ2n) is 6.81. The van der Waals surface area contributed by atoms with Crippen LogP contribution in [0.3, 0.4) is 0 Å². The van der Waals surface area contributed by atoms with Crippen molar-refractivity contribution in [3.63, 3.8) is 0 Å². The molecular formula is C16H30N2. The summed E-state index contributed by atoms with van der Waals surface area (Å²) in [5.74, 6) is 1.07. The van der Waals surface area contributed by atoms with E-state index in [2.05, 4.69) is 10.2 Å². The van der Waals surface area contributed by atoms with E-state index in [4.69, 9.17) is 0 Å². The smallest absolute Gasteiger partial charge is 0.00965 e. The molecule has 3 aliphatic rings. The summed E-state index contributed by atoms with van der Waals surface area (Å²) in [6.07, 6.45) is 14.5. The zero-order valence-corrected chi connectivity index (χ0v) is 11.9. The summed E-state index contributed by atoms with van der Waals surface area (Å²) in [6.45, 7) is 4.01. The van der Waals surface area contributed by atoms with Crippen LogP contribution in [0.4, 0.5) is 0 Å². The molecule has 2 heteroatoms. The Kier molecular flexibility index (Phi) is 4.58. The van der Waals surface area contributed by atoms with E-state index in [0.29, 0.717) is 0 Å². The van der Waals surface area contributed by atoms with Crippen molar-refractivity contribution in [1.29, 1.82) is 0 Å². The SMILES string of the molecule is C1CCC(NCCCN(CC2CC2)C2CC2)CC1. The summed E-state index contributed by atoms with van der Waals surface area (Å²) in [5, 5.41) is 3.78. The van der Waals surface area contributed by atoms with Gasteiger partial charge in [-0.25, -0.2) is 0 Å². The molecule has 3 rings (SSSR count). The lowest BCUT2D eigenvalue weighted by Gasteiger charge is -2.25. The Hall–Kier alpha value is -0.0800. The molecule has 0 aromatic carbocycles. The summed E-state index contributed by atoms with van der Waals surface area (Å²) in [5.41, 5.74) is 0. The molecule has 0 radical (unpaired) electrons. The largest absolute Gasteiger partial charge is 0.314 e. The maximum absolute atomic E-state index is 3.78. The molecule has 18 heavy (non-hydrogen) atoms. The zero-order chi connectivity index (χ0) is 12.2.